The highest BCUT2D eigenvalue weighted by atomic mass is 16.2. The average Bonchev–Trinajstić information content (AvgIpc) is 2.61. The second-order valence-corrected chi connectivity index (χ2v) is 2.86. The van der Waals surface area contributed by atoms with Crippen LogP contribution in [0.15, 0.2) is 28.0 Å². The fourth-order valence-electron chi connectivity index (χ4n) is 1.71. The van der Waals surface area contributed by atoms with Gasteiger partial charge in [0.1, 0.15) is 6.67 Å². The molecule has 0 aromatic carbocycles. The highest BCUT2D eigenvalue weighted by molar-refractivity contribution is 6.39. The molecule has 4 heteroatoms. The third kappa shape index (κ3) is 0.423. The molecule has 0 N–H and O–H groups in total. The number of hydrogen-bond donors (Lipinski definition) is 0. The summed E-state index contributed by atoms with van der Waals surface area (Å²) in [5.74, 6) is -0.309. The quantitative estimate of drug-likeness (QED) is 0.454. The number of aliphatic imine (C=N–C) groups is 1. The average molecular weight is 160 g/mol. The van der Waals surface area contributed by atoms with E-state index >= 15 is 0 Å². The number of rotatable bonds is 0. The number of hydrogen-bond acceptors (Lipinski definition) is 4. The SMILES string of the molecule is O=C1C=C2C(=O)C1=C1C=NCN21. The number of nitrogens with zero attached hydrogens (tertiary/aromatic N) is 2. The van der Waals surface area contributed by atoms with Crippen LogP contribution in [0.2, 0.25) is 0 Å². The van der Waals surface area contributed by atoms with Gasteiger partial charge >= 0.3 is 0 Å². The normalized spacial score (nSPS) is 24.3. The fourth-order valence-corrected chi connectivity index (χ4v) is 1.71. The number of allylic oxidation sites excluding steroid dienone is 3. The van der Waals surface area contributed by atoms with Crippen molar-refractivity contribution in [3.05, 3.63) is 23.0 Å². The summed E-state index contributed by atoms with van der Waals surface area (Å²) in [6.45, 7) is 0.476. The second kappa shape index (κ2) is 1.55. The number of ketones is 2. The molecule has 4 nitrogen and oxygen atoms in total. The Morgan fingerprint density at radius 1 is 1.42 bits per heavy atom. The Balaban J connectivity index is 2.34. The molecule has 2 heterocycles. The van der Waals surface area contributed by atoms with Crippen LogP contribution in [0, 0.1) is 0 Å². The first-order chi connectivity index (χ1) is 5.79. The maximum atomic E-state index is 11.3. The van der Waals surface area contributed by atoms with Gasteiger partial charge in [-0.3, -0.25) is 14.6 Å². The van der Waals surface area contributed by atoms with Gasteiger partial charge in [-0.1, -0.05) is 0 Å². The molecular weight excluding hydrogens is 156 g/mol. The molecule has 0 saturated carbocycles. The lowest BCUT2D eigenvalue weighted by Gasteiger charge is -2.13. The van der Waals surface area contributed by atoms with E-state index in [2.05, 4.69) is 4.99 Å². The first kappa shape index (κ1) is 5.88. The van der Waals surface area contributed by atoms with Gasteiger partial charge in [-0.05, 0) is 0 Å². The lowest BCUT2D eigenvalue weighted by Crippen LogP contribution is -2.17. The van der Waals surface area contributed by atoms with Crippen molar-refractivity contribution in [1.82, 2.24) is 4.90 Å². The van der Waals surface area contributed by atoms with Crippen molar-refractivity contribution in [2.75, 3.05) is 6.67 Å². The maximum absolute atomic E-state index is 11.3. The molecule has 12 heavy (non-hydrogen) atoms. The van der Waals surface area contributed by atoms with Crippen LogP contribution in [0.4, 0.5) is 0 Å². The van der Waals surface area contributed by atoms with Crippen molar-refractivity contribution in [3.63, 3.8) is 0 Å². The third-order valence-electron chi connectivity index (χ3n) is 2.25. The molecule has 3 rings (SSSR count). The zero-order chi connectivity index (χ0) is 8.29. The van der Waals surface area contributed by atoms with Crippen molar-refractivity contribution in [2.24, 2.45) is 4.99 Å². The maximum Gasteiger partial charge on any atom is 0.215 e. The van der Waals surface area contributed by atoms with E-state index in [1.165, 1.54) is 6.08 Å². The zero-order valence-corrected chi connectivity index (χ0v) is 6.07. The Morgan fingerprint density at radius 2 is 2.25 bits per heavy atom. The van der Waals surface area contributed by atoms with Gasteiger partial charge in [0.25, 0.3) is 0 Å². The summed E-state index contributed by atoms with van der Waals surface area (Å²) in [5.41, 5.74) is 1.47. The first-order valence-corrected chi connectivity index (χ1v) is 3.61. The van der Waals surface area contributed by atoms with Crippen LogP contribution in [-0.2, 0) is 9.59 Å². The monoisotopic (exact) mass is 160 g/mol. The Bertz CT molecular complexity index is 415. The Hall–Kier alpha value is -1.71. The number of carbonyl (C=O) groups excluding carboxylic acids is 2. The van der Waals surface area contributed by atoms with Gasteiger partial charge in [0, 0.05) is 12.3 Å². The van der Waals surface area contributed by atoms with Gasteiger partial charge < -0.3 is 4.90 Å². The van der Waals surface area contributed by atoms with Crippen molar-refractivity contribution >= 4 is 17.8 Å². The van der Waals surface area contributed by atoms with Crippen LogP contribution in [-0.4, -0.2) is 29.3 Å². The van der Waals surface area contributed by atoms with Crippen LogP contribution >= 0.6 is 0 Å². The molecular formula is C8H4N2O2. The van der Waals surface area contributed by atoms with E-state index < -0.39 is 0 Å². The molecule has 2 bridgehead atoms. The Labute approximate surface area is 67.9 Å². The fraction of sp³-hybridized carbons (Fsp3) is 0.125. The molecule has 1 aliphatic carbocycles. The molecule has 3 aliphatic rings. The standard InChI is InChI=1S/C8H4N2O2/c11-6-1-4-8(12)7(6)5-2-9-3-10(4)5/h1-2H,3H2. The first-order valence-electron chi connectivity index (χ1n) is 3.61. The predicted octanol–water partition coefficient (Wildman–Crippen LogP) is -0.366. The molecule has 2 aliphatic heterocycles. The van der Waals surface area contributed by atoms with E-state index in [-0.39, 0.29) is 11.6 Å². The minimum absolute atomic E-state index is 0.138. The highest BCUT2D eigenvalue weighted by Gasteiger charge is 2.44. The highest BCUT2D eigenvalue weighted by Crippen LogP contribution is 2.35. The molecule has 58 valence electrons. The molecule has 0 atom stereocenters. The van der Waals surface area contributed by atoms with E-state index in [9.17, 15) is 9.59 Å². The zero-order valence-electron chi connectivity index (χ0n) is 6.07. The minimum atomic E-state index is -0.172. The van der Waals surface area contributed by atoms with Crippen molar-refractivity contribution < 1.29 is 9.59 Å². The smallest absolute Gasteiger partial charge is 0.215 e. The molecule has 0 radical (unpaired) electrons. The number of fused-ring (bicyclic) bond motifs is 4. The third-order valence-corrected chi connectivity index (χ3v) is 2.25. The van der Waals surface area contributed by atoms with Gasteiger partial charge in [0.2, 0.25) is 5.78 Å². The van der Waals surface area contributed by atoms with Crippen LogP contribution in [0.5, 0.6) is 0 Å². The summed E-state index contributed by atoms with van der Waals surface area (Å²) in [5, 5.41) is 0. The van der Waals surface area contributed by atoms with Crippen molar-refractivity contribution in [3.8, 4) is 0 Å². The van der Waals surface area contributed by atoms with Gasteiger partial charge in [0.05, 0.1) is 17.0 Å². The van der Waals surface area contributed by atoms with Crippen LogP contribution < -0.4 is 0 Å². The second-order valence-electron chi connectivity index (χ2n) is 2.86. The summed E-state index contributed by atoms with van der Waals surface area (Å²) in [7, 11) is 0. The van der Waals surface area contributed by atoms with Crippen LogP contribution in [0.3, 0.4) is 0 Å². The number of Topliss-reactive ketones (excluding diaryl/α,β-unsaturated/α-hetero) is 1. The molecule has 0 aromatic heterocycles. The van der Waals surface area contributed by atoms with Gasteiger partial charge in [-0.15, -0.1) is 0 Å². The van der Waals surface area contributed by atoms with E-state index in [0.29, 0.717) is 23.6 Å². The summed E-state index contributed by atoms with van der Waals surface area (Å²) in [4.78, 5) is 28.2. The molecule has 0 spiro atoms. The van der Waals surface area contributed by atoms with E-state index in [4.69, 9.17) is 0 Å². The molecule has 0 amide bonds. The summed E-state index contributed by atoms with van der Waals surface area (Å²) in [6, 6.07) is 0. The van der Waals surface area contributed by atoms with Crippen LogP contribution in [0.25, 0.3) is 0 Å². The lowest BCUT2D eigenvalue weighted by molar-refractivity contribution is -0.115. The van der Waals surface area contributed by atoms with Crippen molar-refractivity contribution in [2.45, 2.75) is 0 Å². The molecule has 0 unspecified atom stereocenters. The van der Waals surface area contributed by atoms with Gasteiger partial charge in [0.15, 0.2) is 5.78 Å². The summed E-state index contributed by atoms with van der Waals surface area (Å²) in [6.07, 6.45) is 2.97. The summed E-state index contributed by atoms with van der Waals surface area (Å²) < 4.78 is 0. The van der Waals surface area contributed by atoms with Gasteiger partial charge in [-0.2, -0.15) is 0 Å². The predicted molar refractivity (Wildman–Crippen MR) is 40.3 cm³/mol. The van der Waals surface area contributed by atoms with Crippen LogP contribution in [0.1, 0.15) is 0 Å². The van der Waals surface area contributed by atoms with E-state index in [0.717, 1.165) is 0 Å². The minimum Gasteiger partial charge on any atom is -0.316 e. The topological polar surface area (TPSA) is 49.7 Å². The van der Waals surface area contributed by atoms with Crippen molar-refractivity contribution in [1.29, 1.82) is 0 Å². The molecule has 0 aromatic rings. The number of carbonyl (C=O) groups is 2. The van der Waals surface area contributed by atoms with E-state index in [1.54, 1.807) is 11.1 Å². The Morgan fingerprint density at radius 3 is 3.08 bits per heavy atom. The van der Waals surface area contributed by atoms with E-state index in [1.807, 2.05) is 0 Å². The lowest BCUT2D eigenvalue weighted by atomic mass is 10.1. The molecule has 0 saturated heterocycles. The Kier molecular flexibility index (Phi) is 0.760. The molecule has 0 fully saturated rings. The summed E-state index contributed by atoms with van der Waals surface area (Å²) >= 11 is 0. The van der Waals surface area contributed by atoms with Gasteiger partial charge in [-0.25, -0.2) is 0 Å². The largest absolute Gasteiger partial charge is 0.316 e.